The van der Waals surface area contributed by atoms with Crippen molar-refractivity contribution < 1.29 is 18.0 Å². The minimum Gasteiger partial charge on any atom is -0.385 e. The molecule has 0 unspecified atom stereocenters. The normalized spacial score (nSPS) is 14.4. The largest absolute Gasteiger partial charge is 0.443 e. The third-order valence-electron chi connectivity index (χ3n) is 3.31. The Labute approximate surface area is 122 Å². The third kappa shape index (κ3) is 2.65. The average molecular weight is 312 g/mol. The van der Waals surface area contributed by atoms with Gasteiger partial charge < -0.3 is 5.32 Å². The highest BCUT2D eigenvalue weighted by atomic mass is 32.1. The smallest absolute Gasteiger partial charge is 0.385 e. The Hall–Kier alpha value is -1.89. The van der Waals surface area contributed by atoms with Crippen molar-refractivity contribution >= 4 is 22.8 Å². The number of alkyl halides is 3. The second-order valence-corrected chi connectivity index (χ2v) is 5.75. The minimum atomic E-state index is -4.51. The fourth-order valence-electron chi connectivity index (χ4n) is 2.37. The molecule has 3 nitrogen and oxygen atoms in total. The van der Waals surface area contributed by atoms with Gasteiger partial charge in [-0.05, 0) is 24.5 Å². The Balaban J connectivity index is 1.98. The molecule has 0 radical (unpaired) electrons. The summed E-state index contributed by atoms with van der Waals surface area (Å²) in [5.74, 6) is -0.399. The number of carbonyl (C=O) groups is 1. The molecule has 0 saturated carbocycles. The van der Waals surface area contributed by atoms with E-state index in [1.54, 1.807) is 12.1 Å². The molecular formula is C14H11F3N2OS. The van der Waals surface area contributed by atoms with Gasteiger partial charge in [0.25, 0.3) is 0 Å². The van der Waals surface area contributed by atoms with Gasteiger partial charge in [0.15, 0.2) is 5.01 Å². The fraction of sp³-hybridized carbons (Fsp3) is 0.286. The molecule has 0 fully saturated rings. The molecule has 1 aromatic carbocycles. The lowest BCUT2D eigenvalue weighted by Gasteiger charge is -2.20. The summed E-state index contributed by atoms with van der Waals surface area (Å²) in [6.07, 6.45) is -1.87. The number of hydrogen-bond acceptors (Lipinski definition) is 4. The van der Waals surface area contributed by atoms with Gasteiger partial charge in [0, 0.05) is 24.0 Å². The van der Waals surface area contributed by atoms with Crippen LogP contribution in [0, 0.1) is 0 Å². The van der Waals surface area contributed by atoms with Gasteiger partial charge in [-0.25, -0.2) is 4.98 Å². The molecule has 7 heteroatoms. The van der Waals surface area contributed by atoms with Crippen LogP contribution in [0.25, 0.3) is 0 Å². The van der Waals surface area contributed by atoms with E-state index >= 15 is 0 Å². The van der Waals surface area contributed by atoms with Crippen LogP contribution in [0.15, 0.2) is 24.4 Å². The molecule has 1 aliphatic heterocycles. The summed E-state index contributed by atoms with van der Waals surface area (Å²) >= 11 is 0.387. The zero-order valence-corrected chi connectivity index (χ0v) is 11.6. The van der Waals surface area contributed by atoms with Crippen molar-refractivity contribution in [1.82, 2.24) is 4.98 Å². The molecule has 1 aromatic heterocycles. The molecule has 1 aliphatic rings. The first-order valence-electron chi connectivity index (χ1n) is 6.40. The highest BCUT2D eigenvalue weighted by Gasteiger charge is 2.35. The summed E-state index contributed by atoms with van der Waals surface area (Å²) in [6, 6.07) is 5.26. The summed E-state index contributed by atoms with van der Waals surface area (Å²) < 4.78 is 37.7. The van der Waals surface area contributed by atoms with Gasteiger partial charge in [-0.2, -0.15) is 13.2 Å². The van der Waals surface area contributed by atoms with Gasteiger partial charge in [-0.3, -0.25) is 4.79 Å². The number of halogens is 3. The summed E-state index contributed by atoms with van der Waals surface area (Å²) in [5, 5.41) is 2.20. The number of aromatic nitrogens is 1. The van der Waals surface area contributed by atoms with Gasteiger partial charge in [0.05, 0.1) is 4.88 Å². The number of rotatable bonds is 2. The molecule has 0 spiro atoms. The Morgan fingerprint density at radius 2 is 2.14 bits per heavy atom. The summed E-state index contributed by atoms with van der Waals surface area (Å²) in [5.41, 5.74) is 2.21. The first-order chi connectivity index (χ1) is 9.97. The molecular weight excluding hydrogens is 301 g/mol. The predicted molar refractivity (Wildman–Crippen MR) is 73.8 cm³/mol. The van der Waals surface area contributed by atoms with E-state index in [0.29, 0.717) is 16.9 Å². The van der Waals surface area contributed by atoms with Crippen LogP contribution in [0.1, 0.15) is 32.2 Å². The number of benzene rings is 1. The molecule has 1 N–H and O–H groups in total. The summed E-state index contributed by atoms with van der Waals surface area (Å²) in [6.45, 7) is 0.837. The van der Waals surface area contributed by atoms with E-state index in [1.165, 1.54) is 0 Å². The molecule has 2 aromatic rings. The van der Waals surface area contributed by atoms with Crippen molar-refractivity contribution in [2.24, 2.45) is 0 Å². The van der Waals surface area contributed by atoms with Crippen molar-refractivity contribution in [2.45, 2.75) is 19.0 Å². The van der Waals surface area contributed by atoms with E-state index in [4.69, 9.17) is 0 Å². The number of fused-ring (bicyclic) bond motifs is 1. The molecule has 0 bridgehead atoms. The third-order valence-corrected chi connectivity index (χ3v) is 4.35. The predicted octanol–water partition coefficient (Wildman–Crippen LogP) is 3.75. The molecule has 0 saturated heterocycles. The van der Waals surface area contributed by atoms with Crippen molar-refractivity contribution in [3.8, 4) is 0 Å². The Morgan fingerprint density at radius 1 is 1.33 bits per heavy atom. The number of nitrogens with one attached hydrogen (secondary N) is 1. The van der Waals surface area contributed by atoms with Gasteiger partial charge in [0.1, 0.15) is 0 Å². The van der Waals surface area contributed by atoms with E-state index < -0.39 is 17.0 Å². The molecule has 3 rings (SSSR count). The van der Waals surface area contributed by atoms with Gasteiger partial charge >= 0.3 is 6.18 Å². The first-order valence-corrected chi connectivity index (χ1v) is 7.22. The Bertz CT molecular complexity index is 694. The minimum absolute atomic E-state index is 0.0151. The molecule has 0 amide bonds. The second-order valence-electron chi connectivity index (χ2n) is 4.72. The topological polar surface area (TPSA) is 42.0 Å². The SMILES string of the molecule is O=C(c1cnc(C(F)(F)F)s1)c1cccc2c1CCCN2. The van der Waals surface area contributed by atoms with Crippen LogP contribution in [0.5, 0.6) is 0 Å². The van der Waals surface area contributed by atoms with Crippen LogP contribution < -0.4 is 5.32 Å². The quantitative estimate of drug-likeness (QED) is 0.859. The number of ketones is 1. The molecule has 110 valence electrons. The number of hydrogen-bond donors (Lipinski definition) is 1. The molecule has 2 heterocycles. The number of thiazole rings is 1. The maximum atomic E-state index is 12.6. The molecule has 0 atom stereocenters. The highest BCUT2D eigenvalue weighted by molar-refractivity contribution is 7.14. The molecule has 0 aliphatic carbocycles. The Morgan fingerprint density at radius 3 is 2.86 bits per heavy atom. The monoisotopic (exact) mass is 312 g/mol. The summed E-state index contributed by atoms with van der Waals surface area (Å²) in [4.78, 5) is 15.8. The van der Waals surface area contributed by atoms with Crippen LogP contribution in [0.2, 0.25) is 0 Å². The number of nitrogens with zero attached hydrogens (tertiary/aromatic N) is 1. The maximum absolute atomic E-state index is 12.6. The van der Waals surface area contributed by atoms with Gasteiger partial charge in [-0.15, -0.1) is 11.3 Å². The van der Waals surface area contributed by atoms with Crippen LogP contribution in [-0.4, -0.2) is 17.3 Å². The van der Waals surface area contributed by atoms with Gasteiger partial charge in [-0.1, -0.05) is 12.1 Å². The molecule has 21 heavy (non-hydrogen) atoms. The van der Waals surface area contributed by atoms with Crippen LogP contribution in [0.3, 0.4) is 0 Å². The zero-order chi connectivity index (χ0) is 15.0. The van der Waals surface area contributed by atoms with E-state index in [2.05, 4.69) is 10.3 Å². The van der Waals surface area contributed by atoms with E-state index in [-0.39, 0.29) is 4.88 Å². The summed E-state index contributed by atoms with van der Waals surface area (Å²) in [7, 11) is 0. The first kappa shape index (κ1) is 14.1. The van der Waals surface area contributed by atoms with Crippen molar-refractivity contribution in [1.29, 1.82) is 0 Å². The zero-order valence-electron chi connectivity index (χ0n) is 10.8. The van der Waals surface area contributed by atoms with Crippen molar-refractivity contribution in [2.75, 3.05) is 11.9 Å². The fourth-order valence-corrected chi connectivity index (χ4v) is 3.10. The van der Waals surface area contributed by atoms with E-state index in [0.717, 1.165) is 36.8 Å². The standard InChI is InChI=1S/C14H11F3N2OS/c15-14(16,17)13-19-7-11(21-13)12(20)9-3-1-5-10-8(9)4-2-6-18-10/h1,3,5,7,18H,2,4,6H2. The van der Waals surface area contributed by atoms with E-state index in [1.807, 2.05) is 6.07 Å². The lowest BCUT2D eigenvalue weighted by Crippen LogP contribution is -2.15. The lowest BCUT2D eigenvalue weighted by atomic mass is 9.95. The average Bonchev–Trinajstić information content (AvgIpc) is 2.96. The second kappa shape index (κ2) is 5.14. The maximum Gasteiger partial charge on any atom is 0.443 e. The number of carbonyl (C=O) groups excluding carboxylic acids is 1. The van der Waals surface area contributed by atoms with Crippen LogP contribution in [0.4, 0.5) is 18.9 Å². The van der Waals surface area contributed by atoms with Crippen molar-refractivity contribution in [3.05, 3.63) is 45.4 Å². The van der Waals surface area contributed by atoms with E-state index in [9.17, 15) is 18.0 Å². The number of anilines is 1. The lowest BCUT2D eigenvalue weighted by molar-refractivity contribution is -0.137. The van der Waals surface area contributed by atoms with Crippen molar-refractivity contribution in [3.63, 3.8) is 0 Å². The van der Waals surface area contributed by atoms with Gasteiger partial charge in [0.2, 0.25) is 5.78 Å². The van der Waals surface area contributed by atoms with Crippen LogP contribution in [-0.2, 0) is 12.6 Å². The Kier molecular flexibility index (Phi) is 3.44. The van der Waals surface area contributed by atoms with Crippen LogP contribution >= 0.6 is 11.3 Å². The highest BCUT2D eigenvalue weighted by Crippen LogP contribution is 2.34.